The van der Waals surface area contributed by atoms with Gasteiger partial charge >= 0.3 is 0 Å². The number of carbonyl (C=O) groups excluding carboxylic acids is 1. The molecule has 2 rings (SSSR count). The van der Waals surface area contributed by atoms with Crippen LogP contribution in [-0.4, -0.2) is 30.0 Å². The Morgan fingerprint density at radius 2 is 1.50 bits per heavy atom. The van der Waals surface area contributed by atoms with Crippen molar-refractivity contribution in [1.29, 1.82) is 0 Å². The van der Waals surface area contributed by atoms with Crippen LogP contribution in [0.15, 0.2) is 24.3 Å². The minimum atomic E-state index is -0.223. The van der Waals surface area contributed by atoms with Crippen molar-refractivity contribution in [3.05, 3.63) is 57.6 Å². The van der Waals surface area contributed by atoms with Crippen molar-refractivity contribution < 1.29 is 9.53 Å². The summed E-state index contributed by atoms with van der Waals surface area (Å²) in [5, 5.41) is 1.09. The van der Waals surface area contributed by atoms with E-state index in [0.717, 1.165) is 33.3 Å². The van der Waals surface area contributed by atoms with E-state index in [1.807, 2.05) is 52.8 Å². The summed E-state index contributed by atoms with van der Waals surface area (Å²) in [5.41, 5.74) is 6.62. The van der Waals surface area contributed by atoms with E-state index in [0.29, 0.717) is 0 Å². The summed E-state index contributed by atoms with van der Waals surface area (Å²) in [6, 6.07) is 8.14. The molecule has 0 spiro atoms. The Bertz CT molecular complexity index is 820. The molecule has 1 radical (unpaired) electrons. The van der Waals surface area contributed by atoms with Gasteiger partial charge in [-0.1, -0.05) is 12.1 Å². The van der Waals surface area contributed by atoms with E-state index in [1.54, 1.807) is 0 Å². The molecule has 4 heteroatoms. The average Bonchev–Trinajstić information content (AvgIpc) is 2.46. The van der Waals surface area contributed by atoms with Gasteiger partial charge in [-0.2, -0.15) is 0 Å². The van der Waals surface area contributed by atoms with Crippen molar-refractivity contribution in [2.24, 2.45) is 0 Å². The summed E-state index contributed by atoms with van der Waals surface area (Å²) >= 11 is 0. The molecule has 1 unspecified atom stereocenters. The summed E-state index contributed by atoms with van der Waals surface area (Å²) < 4.78 is 5.91. The van der Waals surface area contributed by atoms with E-state index in [4.69, 9.17) is 4.74 Å². The van der Waals surface area contributed by atoms with Crippen LogP contribution >= 0.6 is 8.58 Å². The molecule has 0 fully saturated rings. The first-order valence-electron chi connectivity index (χ1n) is 8.68. The molecule has 2 aromatic rings. The Labute approximate surface area is 172 Å². The second-order valence-corrected chi connectivity index (χ2v) is 9.02. The van der Waals surface area contributed by atoms with E-state index >= 15 is 0 Å². The zero-order chi connectivity index (χ0) is 18.9. The number of carbonyl (C=O) groups is 1. The number of hydrogen-bond donors (Lipinski definition) is 0. The smallest absolute Gasteiger partial charge is 0.186 e. The van der Waals surface area contributed by atoms with Gasteiger partial charge in [-0.25, -0.2) is 0 Å². The Morgan fingerprint density at radius 1 is 0.885 bits per heavy atom. The van der Waals surface area contributed by atoms with Gasteiger partial charge in [-0.15, -0.1) is 0 Å². The fourth-order valence-electron chi connectivity index (χ4n) is 3.01. The predicted molar refractivity (Wildman–Crippen MR) is 115 cm³/mol. The Balaban J connectivity index is 0.00000338. The SMILES string of the molecule is Cc1cc(OC(C)(C)C)ccc1PC(=O)c1c(C)cc(C)c(C)c1C.[Li]. The second kappa shape index (κ2) is 8.75. The Hall–Kier alpha value is -1.06. The third-order valence-electron chi connectivity index (χ3n) is 4.45. The number of rotatable bonds is 4. The van der Waals surface area contributed by atoms with Gasteiger partial charge < -0.3 is 4.74 Å². The number of aryl methyl sites for hydroxylation is 3. The van der Waals surface area contributed by atoms with Gasteiger partial charge in [-0.3, -0.25) is 4.79 Å². The van der Waals surface area contributed by atoms with Crippen molar-refractivity contribution >= 4 is 38.3 Å². The molecular weight excluding hydrogens is 334 g/mol. The van der Waals surface area contributed by atoms with E-state index in [2.05, 4.69) is 26.8 Å². The molecule has 2 aromatic carbocycles. The van der Waals surface area contributed by atoms with Crippen LogP contribution in [0.3, 0.4) is 0 Å². The van der Waals surface area contributed by atoms with Crippen LogP contribution in [-0.2, 0) is 0 Å². The normalized spacial score (nSPS) is 11.5. The van der Waals surface area contributed by atoms with Gasteiger partial charge in [0.15, 0.2) is 5.52 Å². The molecule has 0 aliphatic rings. The van der Waals surface area contributed by atoms with Gasteiger partial charge in [-0.05, 0) is 109 Å². The van der Waals surface area contributed by atoms with Crippen molar-refractivity contribution in [3.63, 3.8) is 0 Å². The molecule has 1 atom stereocenters. The number of hydrogen-bond acceptors (Lipinski definition) is 2. The third kappa shape index (κ3) is 5.47. The largest absolute Gasteiger partial charge is 0.488 e. The van der Waals surface area contributed by atoms with Crippen LogP contribution in [0.25, 0.3) is 0 Å². The third-order valence-corrected chi connectivity index (χ3v) is 5.76. The van der Waals surface area contributed by atoms with Crippen molar-refractivity contribution in [3.8, 4) is 5.75 Å². The summed E-state index contributed by atoms with van der Waals surface area (Å²) in [5.74, 6) is 0.851. The maximum Gasteiger partial charge on any atom is 0.186 e. The Kier molecular flexibility index (Phi) is 7.73. The van der Waals surface area contributed by atoms with Crippen molar-refractivity contribution in [1.82, 2.24) is 0 Å². The zero-order valence-corrected chi connectivity index (χ0v) is 18.6. The molecule has 2 nitrogen and oxygen atoms in total. The molecule has 0 N–H and O–H groups in total. The monoisotopic (exact) mass is 363 g/mol. The molecule has 26 heavy (non-hydrogen) atoms. The summed E-state index contributed by atoms with van der Waals surface area (Å²) in [6.45, 7) is 16.4. The van der Waals surface area contributed by atoms with E-state index in [1.165, 1.54) is 11.1 Å². The summed E-state index contributed by atoms with van der Waals surface area (Å²) in [6.07, 6.45) is 0. The molecule has 0 saturated carbocycles. The molecule has 0 aromatic heterocycles. The van der Waals surface area contributed by atoms with Gasteiger partial charge in [0, 0.05) is 24.4 Å². The average molecular weight is 363 g/mol. The summed E-state index contributed by atoms with van der Waals surface area (Å²) in [4.78, 5) is 13.0. The topological polar surface area (TPSA) is 26.3 Å². The van der Waals surface area contributed by atoms with Gasteiger partial charge in [0.25, 0.3) is 0 Å². The van der Waals surface area contributed by atoms with Crippen molar-refractivity contribution in [2.75, 3.05) is 0 Å². The summed E-state index contributed by atoms with van der Waals surface area (Å²) in [7, 11) is 0.130. The van der Waals surface area contributed by atoms with Crippen LogP contribution in [0.5, 0.6) is 5.75 Å². The predicted octanol–water partition coefficient (Wildman–Crippen LogP) is 5.17. The first kappa shape index (κ1) is 23.0. The van der Waals surface area contributed by atoms with E-state index in [9.17, 15) is 4.79 Å². The minimum absolute atomic E-state index is 0. The van der Waals surface area contributed by atoms with Crippen LogP contribution in [0.2, 0.25) is 0 Å². The molecule has 0 heterocycles. The molecule has 0 aliphatic heterocycles. The first-order chi connectivity index (χ1) is 11.5. The standard InChI is InChI=1S/C22H29O2P.Li/c1-13-11-15(3)20(17(5)16(13)4)21(23)25-19-10-9-18(12-14(19)2)24-22(6,7)8;/h9-12,25H,1-8H3;. The number of benzene rings is 2. The van der Waals surface area contributed by atoms with Gasteiger partial charge in [0.05, 0.1) is 0 Å². The van der Waals surface area contributed by atoms with Crippen molar-refractivity contribution in [2.45, 2.75) is 61.0 Å². The number of ether oxygens (including phenoxy) is 1. The quantitative estimate of drug-likeness (QED) is 0.553. The van der Waals surface area contributed by atoms with Gasteiger partial charge in [0.2, 0.25) is 0 Å². The van der Waals surface area contributed by atoms with Gasteiger partial charge in [0.1, 0.15) is 11.4 Å². The Morgan fingerprint density at radius 3 is 2.04 bits per heavy atom. The van der Waals surface area contributed by atoms with Crippen LogP contribution < -0.4 is 10.0 Å². The first-order valence-corrected chi connectivity index (χ1v) is 9.68. The molecular formula is C22H29LiO2P. The van der Waals surface area contributed by atoms with Crippen LogP contribution in [0.4, 0.5) is 0 Å². The molecule has 135 valence electrons. The molecule has 0 amide bonds. The van der Waals surface area contributed by atoms with E-state index < -0.39 is 0 Å². The fourth-order valence-corrected chi connectivity index (χ4v) is 4.20. The molecule has 0 aliphatic carbocycles. The second-order valence-electron chi connectivity index (χ2n) is 7.78. The fraction of sp³-hybridized carbons (Fsp3) is 0.409. The van der Waals surface area contributed by atoms with E-state index in [-0.39, 0.29) is 38.6 Å². The minimum Gasteiger partial charge on any atom is -0.488 e. The molecule has 0 bridgehead atoms. The maximum absolute atomic E-state index is 13.0. The van der Waals surface area contributed by atoms with Crippen LogP contribution in [0.1, 0.15) is 58.9 Å². The molecule has 0 saturated heterocycles. The maximum atomic E-state index is 13.0. The zero-order valence-electron chi connectivity index (χ0n) is 17.6. The van der Waals surface area contributed by atoms with Crippen LogP contribution in [0, 0.1) is 34.6 Å².